The topological polar surface area (TPSA) is 63.6 Å². The predicted octanol–water partition coefficient (Wildman–Crippen LogP) is 0.847. The molecule has 4 nitrogen and oxygen atoms in total. The first-order valence-corrected chi connectivity index (χ1v) is 4.48. The number of hydrogen-bond donors (Lipinski definition) is 1. The molecule has 0 aliphatic carbocycles. The minimum absolute atomic E-state index is 0.0367. The number of carboxylic acids is 1. The Hall–Kier alpha value is -0.900. The highest BCUT2D eigenvalue weighted by Crippen LogP contribution is 2.30. The van der Waals surface area contributed by atoms with Crippen molar-refractivity contribution in [1.29, 1.82) is 0 Å². The Morgan fingerprint density at radius 2 is 2.38 bits per heavy atom. The van der Waals surface area contributed by atoms with Gasteiger partial charge in [-0.05, 0) is 6.42 Å². The molecule has 0 bridgehead atoms. The average molecular weight is 186 g/mol. The Balaban J connectivity index is 2.86. The van der Waals surface area contributed by atoms with E-state index in [0.717, 1.165) is 0 Å². The molecular formula is C9H14O4. The summed E-state index contributed by atoms with van der Waals surface area (Å²) in [5.41, 5.74) is -1.26. The third kappa shape index (κ3) is 1.72. The quantitative estimate of drug-likeness (QED) is 0.663. The maximum Gasteiger partial charge on any atom is 0.319 e. The van der Waals surface area contributed by atoms with Crippen LogP contribution in [0.4, 0.5) is 0 Å². The zero-order valence-corrected chi connectivity index (χ0v) is 7.71. The molecule has 1 rings (SSSR count). The summed E-state index contributed by atoms with van der Waals surface area (Å²) in [6, 6.07) is 0. The summed E-state index contributed by atoms with van der Waals surface area (Å²) >= 11 is 0. The zero-order chi connectivity index (χ0) is 9.90. The first-order chi connectivity index (χ1) is 6.13. The van der Waals surface area contributed by atoms with Crippen molar-refractivity contribution in [1.82, 2.24) is 0 Å². The van der Waals surface area contributed by atoms with Crippen LogP contribution in [0.15, 0.2) is 0 Å². The normalized spacial score (nSPS) is 28.8. The largest absolute Gasteiger partial charge is 0.480 e. The fraction of sp³-hybridized carbons (Fsp3) is 0.778. The Kier molecular flexibility index (Phi) is 3.03. The van der Waals surface area contributed by atoms with Gasteiger partial charge < -0.3 is 9.84 Å². The zero-order valence-electron chi connectivity index (χ0n) is 7.71. The molecule has 74 valence electrons. The molecule has 4 heteroatoms. The van der Waals surface area contributed by atoms with E-state index >= 15 is 0 Å². The number of ether oxygens (including phenoxy) is 1. The molecule has 1 saturated heterocycles. The van der Waals surface area contributed by atoms with E-state index in [1.807, 2.05) is 6.92 Å². The van der Waals surface area contributed by atoms with Gasteiger partial charge in [0.2, 0.25) is 0 Å². The number of rotatable bonds is 3. The molecule has 1 aliphatic rings. The monoisotopic (exact) mass is 186 g/mol. The summed E-state index contributed by atoms with van der Waals surface area (Å²) in [5, 5.41) is 8.99. The molecule has 0 saturated carbocycles. The Morgan fingerprint density at radius 3 is 2.85 bits per heavy atom. The minimum atomic E-state index is -1.26. The lowest BCUT2D eigenvalue weighted by Gasteiger charge is -2.30. The van der Waals surface area contributed by atoms with E-state index in [9.17, 15) is 9.59 Å². The number of hydrogen-bond acceptors (Lipinski definition) is 3. The molecule has 1 fully saturated rings. The van der Waals surface area contributed by atoms with E-state index in [-0.39, 0.29) is 18.8 Å². The fourth-order valence-corrected chi connectivity index (χ4v) is 1.66. The SMILES string of the molecule is CCCC1(C(=O)O)COCCC1=O. The van der Waals surface area contributed by atoms with E-state index in [0.29, 0.717) is 19.4 Å². The third-order valence-electron chi connectivity index (χ3n) is 2.44. The van der Waals surface area contributed by atoms with Crippen molar-refractivity contribution < 1.29 is 19.4 Å². The first-order valence-electron chi connectivity index (χ1n) is 4.48. The molecule has 0 aromatic heterocycles. The van der Waals surface area contributed by atoms with Crippen LogP contribution < -0.4 is 0 Å². The summed E-state index contributed by atoms with van der Waals surface area (Å²) in [7, 11) is 0. The standard InChI is InChI=1S/C9H14O4/c1-2-4-9(8(11)12)6-13-5-3-7(9)10/h2-6H2,1H3,(H,11,12). The highest BCUT2D eigenvalue weighted by Gasteiger charge is 2.46. The Morgan fingerprint density at radius 1 is 1.69 bits per heavy atom. The Bertz CT molecular complexity index is 220. The van der Waals surface area contributed by atoms with Crippen molar-refractivity contribution in [2.24, 2.45) is 5.41 Å². The summed E-state index contributed by atoms with van der Waals surface area (Å²) < 4.78 is 5.07. The molecule has 1 aliphatic heterocycles. The van der Waals surface area contributed by atoms with Crippen LogP contribution in [0.1, 0.15) is 26.2 Å². The molecular weight excluding hydrogens is 172 g/mol. The number of carboxylic acid groups (broad SMARTS) is 1. The van der Waals surface area contributed by atoms with Gasteiger partial charge in [0.15, 0.2) is 5.78 Å². The first kappa shape index (κ1) is 10.2. The van der Waals surface area contributed by atoms with Crippen LogP contribution in [0.2, 0.25) is 0 Å². The van der Waals surface area contributed by atoms with Crippen LogP contribution in [0, 0.1) is 5.41 Å². The maximum absolute atomic E-state index is 11.5. The van der Waals surface area contributed by atoms with Crippen LogP contribution in [-0.4, -0.2) is 30.1 Å². The summed E-state index contributed by atoms with van der Waals surface area (Å²) in [5.74, 6) is -1.23. The third-order valence-corrected chi connectivity index (χ3v) is 2.44. The number of ketones is 1. The molecule has 0 amide bonds. The second-order valence-corrected chi connectivity index (χ2v) is 3.36. The molecule has 0 aromatic carbocycles. The van der Waals surface area contributed by atoms with Gasteiger partial charge in [0.25, 0.3) is 0 Å². The van der Waals surface area contributed by atoms with Crippen molar-refractivity contribution >= 4 is 11.8 Å². The molecule has 0 radical (unpaired) electrons. The molecule has 1 heterocycles. The molecule has 1 unspecified atom stereocenters. The average Bonchev–Trinajstić information content (AvgIpc) is 2.09. The van der Waals surface area contributed by atoms with Crippen LogP contribution >= 0.6 is 0 Å². The highest BCUT2D eigenvalue weighted by atomic mass is 16.5. The molecule has 0 spiro atoms. The van der Waals surface area contributed by atoms with Crippen molar-refractivity contribution in [3.05, 3.63) is 0 Å². The lowest BCUT2D eigenvalue weighted by atomic mass is 9.77. The summed E-state index contributed by atoms with van der Waals surface area (Å²) in [6.07, 6.45) is 1.29. The van der Waals surface area contributed by atoms with Crippen LogP contribution in [0.5, 0.6) is 0 Å². The Labute approximate surface area is 76.9 Å². The predicted molar refractivity (Wildman–Crippen MR) is 45.4 cm³/mol. The van der Waals surface area contributed by atoms with Gasteiger partial charge in [-0.15, -0.1) is 0 Å². The van der Waals surface area contributed by atoms with E-state index in [1.54, 1.807) is 0 Å². The van der Waals surface area contributed by atoms with E-state index in [4.69, 9.17) is 9.84 Å². The summed E-state index contributed by atoms with van der Waals surface area (Å²) in [6.45, 7) is 2.26. The number of carbonyl (C=O) groups excluding carboxylic acids is 1. The van der Waals surface area contributed by atoms with Gasteiger partial charge in [-0.2, -0.15) is 0 Å². The van der Waals surface area contributed by atoms with Gasteiger partial charge in [0, 0.05) is 6.42 Å². The molecule has 1 N–H and O–H groups in total. The minimum Gasteiger partial charge on any atom is -0.480 e. The number of aliphatic carboxylic acids is 1. The van der Waals surface area contributed by atoms with Crippen molar-refractivity contribution in [2.75, 3.05) is 13.2 Å². The van der Waals surface area contributed by atoms with E-state index < -0.39 is 11.4 Å². The van der Waals surface area contributed by atoms with Crippen molar-refractivity contribution in [3.8, 4) is 0 Å². The second-order valence-electron chi connectivity index (χ2n) is 3.36. The number of Topliss-reactive ketones (excluding diaryl/α,β-unsaturated/α-hetero) is 1. The van der Waals surface area contributed by atoms with E-state index in [2.05, 4.69) is 0 Å². The number of carbonyl (C=O) groups is 2. The maximum atomic E-state index is 11.5. The van der Waals surface area contributed by atoms with Crippen molar-refractivity contribution in [2.45, 2.75) is 26.2 Å². The van der Waals surface area contributed by atoms with Gasteiger partial charge in [-0.25, -0.2) is 0 Å². The lowest BCUT2D eigenvalue weighted by molar-refractivity contribution is -0.165. The van der Waals surface area contributed by atoms with Crippen LogP contribution in [0.25, 0.3) is 0 Å². The van der Waals surface area contributed by atoms with Gasteiger partial charge in [0.05, 0.1) is 13.2 Å². The van der Waals surface area contributed by atoms with Crippen LogP contribution in [0.3, 0.4) is 0 Å². The van der Waals surface area contributed by atoms with E-state index in [1.165, 1.54) is 0 Å². The van der Waals surface area contributed by atoms with Crippen LogP contribution in [-0.2, 0) is 14.3 Å². The summed E-state index contributed by atoms with van der Waals surface area (Å²) in [4.78, 5) is 22.5. The van der Waals surface area contributed by atoms with Crippen molar-refractivity contribution in [3.63, 3.8) is 0 Å². The van der Waals surface area contributed by atoms with Gasteiger partial charge >= 0.3 is 5.97 Å². The smallest absolute Gasteiger partial charge is 0.319 e. The molecule has 13 heavy (non-hydrogen) atoms. The highest BCUT2D eigenvalue weighted by molar-refractivity contribution is 6.03. The van der Waals surface area contributed by atoms with Gasteiger partial charge in [0.1, 0.15) is 5.41 Å². The van der Waals surface area contributed by atoms with Gasteiger partial charge in [-0.1, -0.05) is 13.3 Å². The fourth-order valence-electron chi connectivity index (χ4n) is 1.66. The molecule has 0 aromatic rings. The molecule has 1 atom stereocenters. The second kappa shape index (κ2) is 3.87. The van der Waals surface area contributed by atoms with Gasteiger partial charge in [-0.3, -0.25) is 9.59 Å². The lowest BCUT2D eigenvalue weighted by Crippen LogP contribution is -2.46.